The molecular weight excluding hydrogens is 274 g/mol. The van der Waals surface area contributed by atoms with Crippen LogP contribution in [0.25, 0.3) is 0 Å². The van der Waals surface area contributed by atoms with Crippen LogP contribution in [-0.4, -0.2) is 31.2 Å². The molecule has 4 heteroatoms. The van der Waals surface area contributed by atoms with Crippen LogP contribution in [0.4, 0.5) is 0 Å². The lowest BCUT2D eigenvalue weighted by atomic mass is 10.1. The number of benzene rings is 1. The van der Waals surface area contributed by atoms with Crippen LogP contribution in [0.2, 0.25) is 0 Å². The van der Waals surface area contributed by atoms with Gasteiger partial charge in [-0.2, -0.15) is 0 Å². The Morgan fingerprint density at radius 1 is 1.32 bits per heavy atom. The standard InChI is InChI=1S/C18H29N3O/c1-5-19-18(21-17-12-14(17)4)20-11-10-15-6-8-16(9-7-15)22-13(2)3/h6-9,13-14,17H,5,10-12H2,1-4H3,(H2,19,20,21). The Morgan fingerprint density at radius 2 is 2.00 bits per heavy atom. The zero-order valence-corrected chi connectivity index (χ0v) is 14.2. The van der Waals surface area contributed by atoms with Crippen molar-refractivity contribution in [1.82, 2.24) is 10.6 Å². The first-order chi connectivity index (χ1) is 10.6. The van der Waals surface area contributed by atoms with E-state index in [4.69, 9.17) is 4.74 Å². The largest absolute Gasteiger partial charge is 0.491 e. The fourth-order valence-electron chi connectivity index (χ4n) is 2.32. The molecule has 0 amide bonds. The van der Waals surface area contributed by atoms with E-state index in [0.29, 0.717) is 6.04 Å². The van der Waals surface area contributed by atoms with E-state index in [1.165, 1.54) is 12.0 Å². The summed E-state index contributed by atoms with van der Waals surface area (Å²) in [6, 6.07) is 8.92. The molecule has 2 unspecified atom stereocenters. The van der Waals surface area contributed by atoms with Crippen molar-refractivity contribution in [3.05, 3.63) is 29.8 Å². The van der Waals surface area contributed by atoms with Crippen LogP contribution in [0.3, 0.4) is 0 Å². The average Bonchev–Trinajstić information content (AvgIpc) is 3.15. The van der Waals surface area contributed by atoms with E-state index in [1.54, 1.807) is 0 Å². The first kappa shape index (κ1) is 16.7. The molecule has 122 valence electrons. The highest BCUT2D eigenvalue weighted by atomic mass is 16.5. The van der Waals surface area contributed by atoms with Gasteiger partial charge in [-0.1, -0.05) is 19.1 Å². The van der Waals surface area contributed by atoms with E-state index in [2.05, 4.69) is 41.6 Å². The monoisotopic (exact) mass is 303 g/mol. The van der Waals surface area contributed by atoms with Crippen molar-refractivity contribution in [2.75, 3.05) is 13.1 Å². The molecule has 2 atom stereocenters. The summed E-state index contributed by atoms with van der Waals surface area (Å²) in [5, 5.41) is 6.79. The smallest absolute Gasteiger partial charge is 0.191 e. The van der Waals surface area contributed by atoms with Crippen molar-refractivity contribution in [2.45, 2.75) is 52.7 Å². The van der Waals surface area contributed by atoms with Crippen LogP contribution in [0.5, 0.6) is 5.75 Å². The summed E-state index contributed by atoms with van der Waals surface area (Å²) in [5.74, 6) is 2.65. The second-order valence-electron chi connectivity index (χ2n) is 6.29. The summed E-state index contributed by atoms with van der Waals surface area (Å²) >= 11 is 0. The van der Waals surface area contributed by atoms with Crippen LogP contribution in [0.15, 0.2) is 29.3 Å². The molecule has 1 fully saturated rings. The summed E-state index contributed by atoms with van der Waals surface area (Å²) in [4.78, 5) is 4.66. The molecule has 0 bridgehead atoms. The van der Waals surface area contributed by atoms with E-state index in [-0.39, 0.29) is 6.10 Å². The maximum absolute atomic E-state index is 5.66. The molecule has 0 spiro atoms. The zero-order chi connectivity index (χ0) is 15.9. The summed E-state index contributed by atoms with van der Waals surface area (Å²) in [6.07, 6.45) is 2.41. The van der Waals surface area contributed by atoms with Gasteiger partial charge in [0.1, 0.15) is 5.75 Å². The van der Waals surface area contributed by atoms with Gasteiger partial charge in [0.15, 0.2) is 5.96 Å². The van der Waals surface area contributed by atoms with Gasteiger partial charge in [0.25, 0.3) is 0 Å². The molecular formula is C18H29N3O. The van der Waals surface area contributed by atoms with Gasteiger partial charge < -0.3 is 15.4 Å². The van der Waals surface area contributed by atoms with Crippen LogP contribution in [0, 0.1) is 5.92 Å². The molecule has 1 saturated carbocycles. The quantitative estimate of drug-likeness (QED) is 0.601. The molecule has 2 rings (SSSR count). The fourth-order valence-corrected chi connectivity index (χ4v) is 2.32. The molecule has 4 nitrogen and oxygen atoms in total. The Bertz CT molecular complexity index is 482. The third kappa shape index (κ3) is 5.58. The van der Waals surface area contributed by atoms with Crippen molar-refractivity contribution in [1.29, 1.82) is 0 Å². The molecule has 2 N–H and O–H groups in total. The van der Waals surface area contributed by atoms with E-state index >= 15 is 0 Å². The Kier molecular flexibility index (Phi) is 6.10. The molecule has 0 radical (unpaired) electrons. The number of nitrogens with one attached hydrogen (secondary N) is 2. The van der Waals surface area contributed by atoms with Crippen LogP contribution in [-0.2, 0) is 6.42 Å². The van der Waals surface area contributed by atoms with Crippen LogP contribution >= 0.6 is 0 Å². The second kappa shape index (κ2) is 8.06. The van der Waals surface area contributed by atoms with Crippen molar-refractivity contribution in [3.63, 3.8) is 0 Å². The van der Waals surface area contributed by atoms with Gasteiger partial charge in [0, 0.05) is 19.1 Å². The van der Waals surface area contributed by atoms with Crippen molar-refractivity contribution < 1.29 is 4.74 Å². The lowest BCUT2D eigenvalue weighted by molar-refractivity contribution is 0.242. The molecule has 0 aromatic heterocycles. The van der Waals surface area contributed by atoms with Gasteiger partial charge >= 0.3 is 0 Å². The fraction of sp³-hybridized carbons (Fsp3) is 0.611. The molecule has 0 heterocycles. The highest BCUT2D eigenvalue weighted by Crippen LogP contribution is 2.28. The van der Waals surface area contributed by atoms with Gasteiger partial charge in [0.2, 0.25) is 0 Å². The number of aliphatic imine (C=N–C) groups is 1. The number of rotatable bonds is 7. The predicted octanol–water partition coefficient (Wildman–Crippen LogP) is 2.98. The van der Waals surface area contributed by atoms with Crippen molar-refractivity contribution in [2.24, 2.45) is 10.9 Å². The summed E-state index contributed by atoms with van der Waals surface area (Å²) in [5.41, 5.74) is 1.29. The summed E-state index contributed by atoms with van der Waals surface area (Å²) in [6.45, 7) is 10.1. The van der Waals surface area contributed by atoms with E-state index in [0.717, 1.165) is 37.1 Å². The number of ether oxygens (including phenoxy) is 1. The van der Waals surface area contributed by atoms with E-state index in [1.807, 2.05) is 26.0 Å². The molecule has 1 aromatic carbocycles. The maximum atomic E-state index is 5.66. The van der Waals surface area contributed by atoms with Gasteiger partial charge in [0.05, 0.1) is 6.10 Å². The highest BCUT2D eigenvalue weighted by molar-refractivity contribution is 5.80. The Balaban J connectivity index is 1.81. The molecule has 22 heavy (non-hydrogen) atoms. The molecule has 1 aliphatic rings. The maximum Gasteiger partial charge on any atom is 0.191 e. The number of hydrogen-bond acceptors (Lipinski definition) is 2. The third-order valence-corrected chi connectivity index (χ3v) is 3.74. The van der Waals surface area contributed by atoms with Crippen molar-refractivity contribution >= 4 is 5.96 Å². The Labute approximate surface area is 134 Å². The van der Waals surface area contributed by atoms with Crippen molar-refractivity contribution in [3.8, 4) is 5.75 Å². The van der Waals surface area contributed by atoms with E-state index < -0.39 is 0 Å². The van der Waals surface area contributed by atoms with Gasteiger partial charge in [-0.25, -0.2) is 0 Å². The first-order valence-electron chi connectivity index (χ1n) is 8.39. The van der Waals surface area contributed by atoms with Crippen LogP contribution in [0.1, 0.15) is 39.7 Å². The number of hydrogen-bond donors (Lipinski definition) is 2. The lowest BCUT2D eigenvalue weighted by Gasteiger charge is -2.11. The summed E-state index contributed by atoms with van der Waals surface area (Å²) in [7, 11) is 0. The first-order valence-corrected chi connectivity index (χ1v) is 8.39. The minimum atomic E-state index is 0.217. The molecule has 1 aromatic rings. The van der Waals surface area contributed by atoms with Gasteiger partial charge in [-0.3, -0.25) is 4.99 Å². The van der Waals surface area contributed by atoms with Crippen LogP contribution < -0.4 is 15.4 Å². The zero-order valence-electron chi connectivity index (χ0n) is 14.2. The highest BCUT2D eigenvalue weighted by Gasteiger charge is 2.33. The average molecular weight is 303 g/mol. The Morgan fingerprint density at radius 3 is 2.55 bits per heavy atom. The van der Waals surface area contributed by atoms with Gasteiger partial charge in [-0.15, -0.1) is 0 Å². The normalized spacial score (nSPS) is 20.9. The minimum Gasteiger partial charge on any atom is -0.491 e. The minimum absolute atomic E-state index is 0.217. The third-order valence-electron chi connectivity index (χ3n) is 3.74. The van der Waals surface area contributed by atoms with E-state index in [9.17, 15) is 0 Å². The SMILES string of the molecule is CCNC(=NCCc1ccc(OC(C)C)cc1)NC1CC1C. The lowest BCUT2D eigenvalue weighted by Crippen LogP contribution is -2.39. The molecule has 1 aliphatic carbocycles. The number of nitrogens with zero attached hydrogens (tertiary/aromatic N) is 1. The predicted molar refractivity (Wildman–Crippen MR) is 92.6 cm³/mol. The molecule has 0 saturated heterocycles. The van der Waals surface area contributed by atoms with Gasteiger partial charge in [-0.05, 0) is 57.2 Å². The Hall–Kier alpha value is -1.71. The topological polar surface area (TPSA) is 45.7 Å². The summed E-state index contributed by atoms with van der Waals surface area (Å²) < 4.78 is 5.66. The molecule has 0 aliphatic heterocycles. The second-order valence-corrected chi connectivity index (χ2v) is 6.29. The number of guanidine groups is 1.